The van der Waals surface area contributed by atoms with Crippen LogP contribution in [-0.4, -0.2) is 9.79 Å². The predicted octanol–water partition coefficient (Wildman–Crippen LogP) is 4.19. The minimum Gasteiger partial charge on any atom is -0.489 e. The molecule has 2 aromatic rings. The Bertz CT molecular complexity index is 710. The number of ether oxygens (including phenoxy) is 1. The number of para-hydroxylation sites is 1. The summed E-state index contributed by atoms with van der Waals surface area (Å²) >= 11 is 0. The van der Waals surface area contributed by atoms with Crippen LogP contribution in [0.1, 0.15) is 17.5 Å². The first-order valence-electron chi connectivity index (χ1n) is 7.13. The average Bonchev–Trinajstić information content (AvgIpc) is 2.54. The van der Waals surface area contributed by atoms with Crippen LogP contribution >= 0.6 is 7.60 Å². The first-order valence-corrected chi connectivity index (χ1v) is 8.74. The van der Waals surface area contributed by atoms with Crippen LogP contribution in [-0.2, 0) is 17.6 Å². The summed E-state index contributed by atoms with van der Waals surface area (Å²) in [5, 5.41) is 0. The van der Waals surface area contributed by atoms with Crippen LogP contribution in [0.15, 0.2) is 66.2 Å². The molecule has 0 spiro atoms. The van der Waals surface area contributed by atoms with E-state index in [0.29, 0.717) is 18.8 Å². The van der Waals surface area contributed by atoms with E-state index in [-0.39, 0.29) is 6.42 Å². The van der Waals surface area contributed by atoms with Crippen molar-refractivity contribution in [1.82, 2.24) is 0 Å². The number of allylic oxidation sites excluding steroid dienone is 1. The van der Waals surface area contributed by atoms with Crippen LogP contribution < -0.4 is 4.74 Å². The highest BCUT2D eigenvalue weighted by Crippen LogP contribution is 2.45. The van der Waals surface area contributed by atoms with Gasteiger partial charge in [0, 0.05) is 0 Å². The van der Waals surface area contributed by atoms with E-state index in [1.165, 1.54) is 0 Å². The molecule has 0 amide bonds. The van der Waals surface area contributed by atoms with E-state index in [2.05, 4.69) is 0 Å². The lowest BCUT2D eigenvalue weighted by Crippen LogP contribution is -1.98. The van der Waals surface area contributed by atoms with E-state index in [9.17, 15) is 8.96 Å². The monoisotopic (exact) mass is 336 g/mol. The van der Waals surface area contributed by atoms with Crippen LogP contribution in [0.4, 0.5) is 4.39 Å². The molecule has 2 rings (SSSR count). The number of rotatable bonds is 7. The summed E-state index contributed by atoms with van der Waals surface area (Å²) in [4.78, 5) is 17.4. The topological polar surface area (TPSA) is 66.8 Å². The molecular formula is C17H18FO4P. The molecule has 2 aromatic carbocycles. The van der Waals surface area contributed by atoms with E-state index in [1.54, 1.807) is 0 Å². The molecule has 0 aromatic heterocycles. The highest BCUT2D eigenvalue weighted by molar-refractivity contribution is 7.56. The Balaban J connectivity index is 1.99. The number of benzene rings is 2. The van der Waals surface area contributed by atoms with Crippen molar-refractivity contribution >= 4 is 7.60 Å². The molecule has 0 aliphatic rings. The molecule has 0 aliphatic heterocycles. The highest BCUT2D eigenvalue weighted by Gasteiger charge is 2.20. The third-order valence-electron chi connectivity index (χ3n) is 3.21. The van der Waals surface area contributed by atoms with Crippen LogP contribution in [0.2, 0.25) is 0 Å². The zero-order chi connectivity index (χ0) is 16.7. The largest absolute Gasteiger partial charge is 0.489 e. The Kier molecular flexibility index (Phi) is 6.11. The second kappa shape index (κ2) is 8.06. The first-order chi connectivity index (χ1) is 11.0. The highest BCUT2D eigenvalue weighted by atomic mass is 31.2. The molecule has 0 heterocycles. The quantitative estimate of drug-likeness (QED) is 0.744. The summed E-state index contributed by atoms with van der Waals surface area (Å²) in [6, 6.07) is 17.1. The van der Waals surface area contributed by atoms with Gasteiger partial charge in [-0.05, 0) is 36.1 Å². The van der Waals surface area contributed by atoms with Gasteiger partial charge in [0.1, 0.15) is 12.4 Å². The summed E-state index contributed by atoms with van der Waals surface area (Å²) in [7, 11) is -4.78. The average molecular weight is 336 g/mol. The van der Waals surface area contributed by atoms with Crippen molar-refractivity contribution < 1.29 is 23.5 Å². The van der Waals surface area contributed by atoms with Gasteiger partial charge in [-0.25, -0.2) is 0 Å². The van der Waals surface area contributed by atoms with Gasteiger partial charge in [0.25, 0.3) is 0 Å². The van der Waals surface area contributed by atoms with E-state index < -0.39 is 13.2 Å². The second-order valence-corrected chi connectivity index (χ2v) is 6.51. The number of hydrogen-bond acceptors (Lipinski definition) is 2. The summed E-state index contributed by atoms with van der Waals surface area (Å²) < 4.78 is 29.7. The van der Waals surface area contributed by atoms with Crippen molar-refractivity contribution in [3.8, 4) is 5.75 Å². The molecule has 0 bridgehead atoms. The Morgan fingerprint density at radius 1 is 1.09 bits per heavy atom. The summed E-state index contributed by atoms with van der Waals surface area (Å²) in [5.74, 6) is 0.682. The van der Waals surface area contributed by atoms with Gasteiger partial charge in [-0.15, -0.1) is 0 Å². The van der Waals surface area contributed by atoms with Crippen molar-refractivity contribution in [1.29, 1.82) is 0 Å². The second-order valence-electron chi connectivity index (χ2n) is 4.99. The van der Waals surface area contributed by atoms with Crippen molar-refractivity contribution in [3.63, 3.8) is 0 Å². The number of hydrogen-bond donors (Lipinski definition) is 2. The van der Waals surface area contributed by atoms with Crippen molar-refractivity contribution in [2.45, 2.75) is 19.4 Å². The van der Waals surface area contributed by atoms with Crippen LogP contribution in [0.3, 0.4) is 0 Å². The van der Waals surface area contributed by atoms with Crippen molar-refractivity contribution in [2.24, 2.45) is 0 Å². The van der Waals surface area contributed by atoms with Gasteiger partial charge in [0.15, 0.2) is 0 Å². The molecule has 0 saturated carbocycles. The number of aryl methyl sites for hydroxylation is 1. The van der Waals surface area contributed by atoms with Gasteiger partial charge in [-0.3, -0.25) is 4.57 Å². The van der Waals surface area contributed by atoms with Crippen LogP contribution in [0, 0.1) is 0 Å². The Morgan fingerprint density at radius 3 is 2.43 bits per heavy atom. The molecule has 0 atom stereocenters. The summed E-state index contributed by atoms with van der Waals surface area (Å²) in [5.41, 5.74) is 0.508. The van der Waals surface area contributed by atoms with Gasteiger partial charge in [0.05, 0.1) is 0 Å². The summed E-state index contributed by atoms with van der Waals surface area (Å²) in [6.07, 6.45) is 1.54. The van der Waals surface area contributed by atoms with Gasteiger partial charge in [-0.1, -0.05) is 48.5 Å². The molecular weight excluding hydrogens is 318 g/mol. The minimum atomic E-state index is -4.78. The number of halogens is 1. The standard InChI is InChI=1S/C17H18FO4P/c18-17(23(19,20)21)12-6-10-15-9-4-5-11-16(15)22-13-14-7-2-1-3-8-14/h1-5,7-9,11-12H,6,10,13H2,(H2,19,20,21)/b17-12+. The Labute approximate surface area is 134 Å². The Morgan fingerprint density at radius 2 is 1.74 bits per heavy atom. The maximum atomic E-state index is 13.1. The lowest BCUT2D eigenvalue weighted by molar-refractivity contribution is 0.303. The molecule has 4 nitrogen and oxygen atoms in total. The maximum absolute atomic E-state index is 13.1. The lowest BCUT2D eigenvalue weighted by atomic mass is 10.1. The third kappa shape index (κ3) is 5.64. The molecule has 23 heavy (non-hydrogen) atoms. The van der Waals surface area contributed by atoms with Gasteiger partial charge in [0.2, 0.25) is 5.57 Å². The fourth-order valence-electron chi connectivity index (χ4n) is 2.05. The third-order valence-corrected chi connectivity index (χ3v) is 3.95. The van der Waals surface area contributed by atoms with Crippen molar-refractivity contribution in [2.75, 3.05) is 0 Å². The van der Waals surface area contributed by atoms with Gasteiger partial charge < -0.3 is 14.5 Å². The molecule has 0 aliphatic carbocycles. The van der Waals surface area contributed by atoms with Crippen molar-refractivity contribution in [3.05, 3.63) is 77.4 Å². The fraction of sp³-hybridized carbons (Fsp3) is 0.176. The van der Waals surface area contributed by atoms with Crippen LogP contribution in [0.5, 0.6) is 5.75 Å². The predicted molar refractivity (Wildman–Crippen MR) is 86.8 cm³/mol. The van der Waals surface area contributed by atoms with E-state index in [0.717, 1.165) is 17.2 Å². The zero-order valence-electron chi connectivity index (χ0n) is 12.4. The molecule has 0 fully saturated rings. The smallest absolute Gasteiger partial charge is 0.384 e. The normalized spacial score (nSPS) is 12.2. The van der Waals surface area contributed by atoms with Gasteiger partial charge in [-0.2, -0.15) is 4.39 Å². The fourth-order valence-corrected chi connectivity index (χ4v) is 2.42. The zero-order valence-corrected chi connectivity index (χ0v) is 13.3. The summed E-state index contributed by atoms with van der Waals surface area (Å²) in [6.45, 7) is 0.421. The van der Waals surface area contributed by atoms with Crippen LogP contribution in [0.25, 0.3) is 0 Å². The van der Waals surface area contributed by atoms with Gasteiger partial charge >= 0.3 is 7.60 Å². The minimum absolute atomic E-state index is 0.183. The van der Waals surface area contributed by atoms with E-state index in [4.69, 9.17) is 14.5 Å². The first kappa shape index (κ1) is 17.4. The van der Waals surface area contributed by atoms with E-state index in [1.807, 2.05) is 54.6 Å². The molecule has 0 unspecified atom stereocenters. The molecule has 0 saturated heterocycles. The molecule has 2 N–H and O–H groups in total. The Hall–Kier alpha value is -1.94. The maximum Gasteiger partial charge on any atom is 0.384 e. The lowest BCUT2D eigenvalue weighted by Gasteiger charge is -2.11. The molecule has 122 valence electrons. The van der Waals surface area contributed by atoms with E-state index >= 15 is 0 Å². The molecule has 6 heteroatoms. The SMILES string of the molecule is O=P(O)(O)/C(F)=C/CCc1ccccc1OCc1ccccc1. The molecule has 0 radical (unpaired) electrons.